The number of carbonyl (C=O) groups is 1. The molecule has 9 heteroatoms. The lowest BCUT2D eigenvalue weighted by Gasteiger charge is -2.35. The van der Waals surface area contributed by atoms with Crippen molar-refractivity contribution in [3.63, 3.8) is 0 Å². The number of methoxy groups -OCH3 is 1. The van der Waals surface area contributed by atoms with Crippen LogP contribution in [0.4, 0.5) is 4.79 Å². The van der Waals surface area contributed by atoms with Gasteiger partial charge in [0.25, 0.3) is 0 Å². The van der Waals surface area contributed by atoms with Crippen molar-refractivity contribution < 1.29 is 14.3 Å². The number of rotatable bonds is 4. The van der Waals surface area contributed by atoms with Crippen LogP contribution in [0.3, 0.4) is 0 Å². The average molecular weight is 463 g/mol. The van der Waals surface area contributed by atoms with Crippen LogP contribution in [-0.4, -0.2) is 73.8 Å². The molecule has 2 heterocycles. The van der Waals surface area contributed by atoms with E-state index >= 15 is 0 Å². The fraction of sp³-hybridized carbons (Fsp3) is 0.562. The molecule has 1 N–H and O–H groups in total. The first kappa shape index (κ1) is 21.3. The zero-order valence-corrected chi connectivity index (χ0v) is 17.2. The van der Waals surface area contributed by atoms with Crippen LogP contribution in [0.2, 0.25) is 0 Å². The first-order valence-corrected chi connectivity index (χ1v) is 8.05. The van der Waals surface area contributed by atoms with Crippen molar-refractivity contribution in [2.75, 3.05) is 46.9 Å². The van der Waals surface area contributed by atoms with Gasteiger partial charge in [-0.05, 0) is 13.0 Å². The Morgan fingerprint density at radius 2 is 1.96 bits per heavy atom. The lowest BCUT2D eigenvalue weighted by atomic mass is 10.3. The Morgan fingerprint density at radius 3 is 2.56 bits per heavy atom. The van der Waals surface area contributed by atoms with Crippen molar-refractivity contribution >= 4 is 36.0 Å². The Hall–Kier alpha value is -1.78. The van der Waals surface area contributed by atoms with Gasteiger partial charge in [0.05, 0.1) is 26.0 Å². The van der Waals surface area contributed by atoms with Crippen molar-refractivity contribution in [2.24, 2.45) is 4.99 Å². The summed E-state index contributed by atoms with van der Waals surface area (Å²) in [6.07, 6.45) is -0.249. The highest BCUT2D eigenvalue weighted by molar-refractivity contribution is 14.0. The molecule has 0 atom stereocenters. The van der Waals surface area contributed by atoms with Crippen LogP contribution < -0.4 is 10.1 Å². The summed E-state index contributed by atoms with van der Waals surface area (Å²) >= 11 is 0. The third kappa shape index (κ3) is 6.22. The molecule has 1 aromatic rings. The van der Waals surface area contributed by atoms with Gasteiger partial charge in [-0.3, -0.25) is 4.99 Å². The Kier molecular flexibility index (Phi) is 9.32. The Morgan fingerprint density at radius 1 is 1.28 bits per heavy atom. The molecule has 8 nitrogen and oxygen atoms in total. The maximum absolute atomic E-state index is 11.7. The number of nitrogens with one attached hydrogen (secondary N) is 1. The van der Waals surface area contributed by atoms with Crippen molar-refractivity contribution in [3.8, 4) is 5.88 Å². The molecule has 0 saturated carbocycles. The monoisotopic (exact) mass is 463 g/mol. The van der Waals surface area contributed by atoms with E-state index in [4.69, 9.17) is 9.47 Å². The number of aliphatic imine (C=N–C) groups is 1. The number of halogens is 1. The zero-order valence-electron chi connectivity index (χ0n) is 14.9. The zero-order chi connectivity index (χ0) is 17.4. The van der Waals surface area contributed by atoms with Gasteiger partial charge in [0, 0.05) is 39.3 Å². The van der Waals surface area contributed by atoms with Gasteiger partial charge in [0.1, 0.15) is 0 Å². The summed E-state index contributed by atoms with van der Waals surface area (Å²) < 4.78 is 10.2. The van der Waals surface area contributed by atoms with E-state index in [2.05, 4.69) is 20.2 Å². The summed E-state index contributed by atoms with van der Waals surface area (Å²) in [5.41, 5.74) is 0.876. The predicted octanol–water partition coefficient (Wildman–Crippen LogP) is 1.56. The summed E-state index contributed by atoms with van der Waals surface area (Å²) in [5, 5.41) is 3.30. The first-order chi connectivity index (χ1) is 11.7. The van der Waals surface area contributed by atoms with Crippen molar-refractivity contribution in [1.82, 2.24) is 20.1 Å². The van der Waals surface area contributed by atoms with Crippen LogP contribution in [0.5, 0.6) is 5.88 Å². The summed E-state index contributed by atoms with van der Waals surface area (Å²) in [4.78, 5) is 24.3. The topological polar surface area (TPSA) is 79.3 Å². The predicted molar refractivity (Wildman–Crippen MR) is 107 cm³/mol. The molecule has 1 aliphatic heterocycles. The highest BCUT2D eigenvalue weighted by Crippen LogP contribution is 2.07. The Bertz CT molecular complexity index is 577. The quantitative estimate of drug-likeness (QED) is 0.415. The van der Waals surface area contributed by atoms with Crippen LogP contribution >= 0.6 is 24.0 Å². The maximum Gasteiger partial charge on any atom is 0.409 e. The summed E-state index contributed by atoms with van der Waals surface area (Å²) in [5.74, 6) is 1.38. The number of ether oxygens (including phenoxy) is 2. The smallest absolute Gasteiger partial charge is 0.409 e. The molecule has 0 spiro atoms. The molecule has 25 heavy (non-hydrogen) atoms. The normalized spacial score (nSPS) is 14.6. The van der Waals surface area contributed by atoms with Crippen molar-refractivity contribution in [3.05, 3.63) is 23.9 Å². The van der Waals surface area contributed by atoms with Crippen LogP contribution in [0.15, 0.2) is 23.2 Å². The second-order valence-corrected chi connectivity index (χ2v) is 5.25. The van der Waals surface area contributed by atoms with E-state index in [1.807, 2.05) is 25.1 Å². The SMILES string of the molecule is CCOC(=O)N1CCN(C(=NC)NCc2cccc(OC)n2)CC1.I. The Labute approximate surface area is 165 Å². The second kappa shape index (κ2) is 11.0. The van der Waals surface area contributed by atoms with Crippen molar-refractivity contribution in [1.29, 1.82) is 0 Å². The molecule has 0 bridgehead atoms. The van der Waals surface area contributed by atoms with Gasteiger partial charge < -0.3 is 24.6 Å². The molecule has 1 amide bonds. The van der Waals surface area contributed by atoms with Gasteiger partial charge in [0.15, 0.2) is 5.96 Å². The van der Waals surface area contributed by atoms with E-state index < -0.39 is 0 Å². The van der Waals surface area contributed by atoms with Gasteiger partial charge in [-0.2, -0.15) is 0 Å². The minimum atomic E-state index is -0.249. The molecular weight excluding hydrogens is 437 g/mol. The lowest BCUT2D eigenvalue weighted by Crippen LogP contribution is -2.53. The van der Waals surface area contributed by atoms with E-state index in [-0.39, 0.29) is 30.1 Å². The number of amides is 1. The minimum absolute atomic E-state index is 0. The number of nitrogens with zero attached hydrogens (tertiary/aromatic N) is 4. The van der Waals surface area contributed by atoms with Crippen LogP contribution in [0.1, 0.15) is 12.6 Å². The third-order valence-electron chi connectivity index (χ3n) is 3.73. The molecule has 2 rings (SSSR count). The number of guanidine groups is 1. The number of hydrogen-bond acceptors (Lipinski definition) is 5. The average Bonchev–Trinajstić information content (AvgIpc) is 2.63. The van der Waals surface area contributed by atoms with Gasteiger partial charge in [0.2, 0.25) is 5.88 Å². The molecule has 0 radical (unpaired) electrons. The maximum atomic E-state index is 11.7. The molecule has 0 unspecified atom stereocenters. The van der Waals surface area contributed by atoms with E-state index in [9.17, 15) is 4.79 Å². The highest BCUT2D eigenvalue weighted by atomic mass is 127. The summed E-state index contributed by atoms with van der Waals surface area (Å²) in [7, 11) is 3.35. The number of aromatic nitrogens is 1. The van der Waals surface area contributed by atoms with Gasteiger partial charge >= 0.3 is 6.09 Å². The molecule has 140 valence electrons. The summed E-state index contributed by atoms with van der Waals surface area (Å²) in [6, 6.07) is 5.65. The number of piperazine rings is 1. The fourth-order valence-electron chi connectivity index (χ4n) is 2.49. The standard InChI is InChI=1S/C16H25N5O3.HI/c1-4-24-16(22)21-10-8-20(9-11-21)15(17-2)18-12-13-6-5-7-14(19-13)23-3;/h5-7H,4,8-12H2,1-3H3,(H,17,18);1H. The molecule has 1 aromatic heterocycles. The number of hydrogen-bond donors (Lipinski definition) is 1. The van der Waals surface area contributed by atoms with Gasteiger partial charge in [-0.15, -0.1) is 24.0 Å². The van der Waals surface area contributed by atoms with Crippen LogP contribution in [0.25, 0.3) is 0 Å². The first-order valence-electron chi connectivity index (χ1n) is 8.05. The largest absolute Gasteiger partial charge is 0.481 e. The third-order valence-corrected chi connectivity index (χ3v) is 3.73. The van der Waals surface area contributed by atoms with Gasteiger partial charge in [-0.1, -0.05) is 6.07 Å². The second-order valence-electron chi connectivity index (χ2n) is 5.25. The minimum Gasteiger partial charge on any atom is -0.481 e. The van der Waals surface area contributed by atoms with Crippen LogP contribution in [0, 0.1) is 0 Å². The summed E-state index contributed by atoms with van der Waals surface area (Å²) in [6.45, 7) is 5.44. The molecule has 0 aliphatic carbocycles. The lowest BCUT2D eigenvalue weighted by molar-refractivity contribution is 0.0914. The molecule has 1 saturated heterocycles. The van der Waals surface area contributed by atoms with Crippen molar-refractivity contribution in [2.45, 2.75) is 13.5 Å². The Balaban J connectivity index is 0.00000312. The van der Waals surface area contributed by atoms with E-state index in [0.717, 1.165) is 11.7 Å². The molecular formula is C16H26IN5O3. The molecule has 1 fully saturated rings. The van der Waals surface area contributed by atoms with Crippen LogP contribution in [-0.2, 0) is 11.3 Å². The number of carbonyl (C=O) groups excluding carboxylic acids is 1. The molecule has 1 aliphatic rings. The van der Waals surface area contributed by atoms with Gasteiger partial charge in [-0.25, -0.2) is 9.78 Å². The number of pyridine rings is 1. The fourth-order valence-corrected chi connectivity index (χ4v) is 2.49. The highest BCUT2D eigenvalue weighted by Gasteiger charge is 2.23. The van der Waals surface area contributed by atoms with E-state index in [0.29, 0.717) is 45.2 Å². The molecule has 0 aromatic carbocycles. The van der Waals surface area contributed by atoms with E-state index in [1.165, 1.54) is 0 Å². The van der Waals surface area contributed by atoms with E-state index in [1.54, 1.807) is 19.1 Å².